The van der Waals surface area contributed by atoms with Crippen molar-refractivity contribution in [3.05, 3.63) is 64.5 Å². The number of methoxy groups -OCH3 is 1. The number of ether oxygens (including phenoxy) is 1. The number of carbonyl (C=O) groups is 2. The summed E-state index contributed by atoms with van der Waals surface area (Å²) in [4.78, 5) is 31.7. The molecule has 1 aromatic heterocycles. The number of hydrogen-bond acceptors (Lipinski definition) is 5. The average Bonchev–Trinajstić information content (AvgIpc) is 3.02. The third-order valence-electron chi connectivity index (χ3n) is 5.75. The molecule has 31 heavy (non-hydrogen) atoms. The quantitative estimate of drug-likeness (QED) is 0.396. The first-order valence-electron chi connectivity index (χ1n) is 10.7. The molecule has 3 rings (SSSR count). The van der Waals surface area contributed by atoms with Crippen LogP contribution in [0, 0.1) is 6.92 Å². The molecule has 1 aliphatic rings. The van der Waals surface area contributed by atoms with Gasteiger partial charge in [0, 0.05) is 24.5 Å². The molecule has 0 aliphatic carbocycles. The second-order valence-electron chi connectivity index (χ2n) is 8.20. The van der Waals surface area contributed by atoms with Crippen LogP contribution in [0.2, 0.25) is 0 Å². The van der Waals surface area contributed by atoms with Gasteiger partial charge in [-0.1, -0.05) is 33.3 Å². The number of hydrogen-bond donors (Lipinski definition) is 1. The molecule has 0 spiro atoms. The molecule has 2 aromatic rings. The molecular weight excluding hydrogens is 392 g/mol. The van der Waals surface area contributed by atoms with Gasteiger partial charge in [0.25, 0.3) is 11.7 Å². The Kier molecular flexibility index (Phi) is 6.78. The molecule has 6 nitrogen and oxygen atoms in total. The SMILES string of the molecule is CCCCN1C(=O)C(=O)/C(=C(/O)c2cc(C(C)C)c(OC)cc2C)C1c1cccnc1. The van der Waals surface area contributed by atoms with E-state index < -0.39 is 17.7 Å². The van der Waals surface area contributed by atoms with Gasteiger partial charge in [0.1, 0.15) is 11.5 Å². The van der Waals surface area contributed by atoms with Crippen molar-refractivity contribution in [2.45, 2.75) is 52.5 Å². The summed E-state index contributed by atoms with van der Waals surface area (Å²) in [6, 6.07) is 6.65. The summed E-state index contributed by atoms with van der Waals surface area (Å²) in [6.45, 7) is 8.40. The molecule has 1 aromatic carbocycles. The van der Waals surface area contributed by atoms with Crippen LogP contribution in [-0.2, 0) is 9.59 Å². The van der Waals surface area contributed by atoms with Gasteiger partial charge in [-0.25, -0.2) is 0 Å². The van der Waals surface area contributed by atoms with E-state index in [0.29, 0.717) is 17.7 Å². The summed E-state index contributed by atoms with van der Waals surface area (Å²) < 4.78 is 5.50. The number of amides is 1. The van der Waals surface area contributed by atoms with Crippen LogP contribution in [0.3, 0.4) is 0 Å². The lowest BCUT2D eigenvalue weighted by atomic mass is 9.91. The van der Waals surface area contributed by atoms with Crippen molar-refractivity contribution in [1.29, 1.82) is 0 Å². The lowest BCUT2D eigenvalue weighted by molar-refractivity contribution is -0.139. The Labute approximate surface area is 183 Å². The van der Waals surface area contributed by atoms with E-state index in [-0.39, 0.29) is 17.3 Å². The highest BCUT2D eigenvalue weighted by Gasteiger charge is 2.46. The Morgan fingerprint density at radius 2 is 2.03 bits per heavy atom. The van der Waals surface area contributed by atoms with Crippen molar-refractivity contribution in [3.63, 3.8) is 0 Å². The summed E-state index contributed by atoms with van der Waals surface area (Å²) >= 11 is 0. The molecule has 1 fully saturated rings. The van der Waals surface area contributed by atoms with E-state index in [1.165, 1.54) is 0 Å². The number of aryl methyl sites for hydroxylation is 1. The van der Waals surface area contributed by atoms with Gasteiger partial charge in [0.2, 0.25) is 0 Å². The van der Waals surface area contributed by atoms with E-state index in [2.05, 4.69) is 4.98 Å². The fraction of sp³-hybridized carbons (Fsp3) is 0.400. The Morgan fingerprint density at radius 3 is 2.61 bits per heavy atom. The maximum atomic E-state index is 13.1. The number of benzene rings is 1. The number of rotatable bonds is 7. The van der Waals surface area contributed by atoms with Gasteiger partial charge in [-0.15, -0.1) is 0 Å². The minimum atomic E-state index is -0.663. The number of aliphatic hydroxyl groups excluding tert-OH is 1. The van der Waals surface area contributed by atoms with E-state index in [4.69, 9.17) is 4.74 Å². The average molecular weight is 423 g/mol. The number of ketones is 1. The minimum Gasteiger partial charge on any atom is -0.507 e. The van der Waals surface area contributed by atoms with Gasteiger partial charge in [0.15, 0.2) is 0 Å². The maximum Gasteiger partial charge on any atom is 0.295 e. The molecule has 0 saturated carbocycles. The van der Waals surface area contributed by atoms with Crippen LogP contribution < -0.4 is 4.74 Å². The lowest BCUT2D eigenvalue weighted by Gasteiger charge is -2.25. The molecule has 1 aliphatic heterocycles. The molecule has 164 valence electrons. The maximum absolute atomic E-state index is 13.1. The number of Topliss-reactive ketones (excluding diaryl/α,β-unsaturated/α-hetero) is 1. The molecule has 1 atom stereocenters. The summed E-state index contributed by atoms with van der Waals surface area (Å²) in [6.07, 6.45) is 4.94. The van der Waals surface area contributed by atoms with Crippen molar-refractivity contribution in [2.24, 2.45) is 0 Å². The number of likely N-dealkylation sites (tertiary alicyclic amines) is 1. The second-order valence-corrected chi connectivity index (χ2v) is 8.20. The predicted octanol–water partition coefficient (Wildman–Crippen LogP) is 4.74. The van der Waals surface area contributed by atoms with E-state index in [0.717, 1.165) is 29.7 Å². The Hall–Kier alpha value is -3.15. The molecule has 1 amide bonds. The van der Waals surface area contributed by atoms with Gasteiger partial charge in [0.05, 0.1) is 18.7 Å². The van der Waals surface area contributed by atoms with Gasteiger partial charge in [-0.2, -0.15) is 0 Å². The smallest absolute Gasteiger partial charge is 0.295 e. The summed E-state index contributed by atoms with van der Waals surface area (Å²) in [7, 11) is 1.61. The van der Waals surface area contributed by atoms with Crippen LogP contribution in [0.4, 0.5) is 0 Å². The van der Waals surface area contributed by atoms with Crippen molar-refractivity contribution in [2.75, 3.05) is 13.7 Å². The van der Waals surface area contributed by atoms with Crippen molar-refractivity contribution in [3.8, 4) is 5.75 Å². The van der Waals surface area contributed by atoms with Crippen molar-refractivity contribution in [1.82, 2.24) is 9.88 Å². The largest absolute Gasteiger partial charge is 0.507 e. The number of unbranched alkanes of at least 4 members (excludes halogenated alkanes) is 1. The monoisotopic (exact) mass is 422 g/mol. The third kappa shape index (κ3) is 4.20. The predicted molar refractivity (Wildman–Crippen MR) is 120 cm³/mol. The Bertz CT molecular complexity index is 1010. The molecule has 1 N–H and O–H groups in total. The summed E-state index contributed by atoms with van der Waals surface area (Å²) in [5.41, 5.74) is 3.04. The van der Waals surface area contributed by atoms with E-state index >= 15 is 0 Å². The van der Waals surface area contributed by atoms with Gasteiger partial charge in [-0.05, 0) is 54.2 Å². The van der Waals surface area contributed by atoms with Crippen LogP contribution in [0.25, 0.3) is 5.76 Å². The summed E-state index contributed by atoms with van der Waals surface area (Å²) in [5.74, 6) is -0.518. The highest BCUT2D eigenvalue weighted by Crippen LogP contribution is 2.41. The van der Waals surface area contributed by atoms with Gasteiger partial charge < -0.3 is 14.7 Å². The highest BCUT2D eigenvalue weighted by molar-refractivity contribution is 6.46. The van der Waals surface area contributed by atoms with Crippen LogP contribution in [0.5, 0.6) is 5.75 Å². The number of carbonyl (C=O) groups excluding carboxylic acids is 2. The topological polar surface area (TPSA) is 79.7 Å². The number of nitrogens with zero attached hydrogens (tertiary/aromatic N) is 2. The number of aliphatic hydroxyl groups is 1. The molecule has 2 heterocycles. The lowest BCUT2D eigenvalue weighted by Crippen LogP contribution is -2.30. The summed E-state index contributed by atoms with van der Waals surface area (Å²) in [5, 5.41) is 11.4. The third-order valence-corrected chi connectivity index (χ3v) is 5.75. The zero-order valence-corrected chi connectivity index (χ0v) is 18.8. The zero-order valence-electron chi connectivity index (χ0n) is 18.8. The first-order chi connectivity index (χ1) is 14.8. The first kappa shape index (κ1) is 22.5. The van der Waals surface area contributed by atoms with E-state index in [1.807, 2.05) is 45.9 Å². The van der Waals surface area contributed by atoms with Crippen molar-refractivity contribution >= 4 is 17.4 Å². The zero-order chi connectivity index (χ0) is 22.7. The number of aromatic nitrogens is 1. The Morgan fingerprint density at radius 1 is 1.29 bits per heavy atom. The van der Waals surface area contributed by atoms with Crippen LogP contribution >= 0.6 is 0 Å². The van der Waals surface area contributed by atoms with Gasteiger partial charge >= 0.3 is 0 Å². The minimum absolute atomic E-state index is 0.108. The highest BCUT2D eigenvalue weighted by atomic mass is 16.5. The Balaban J connectivity index is 2.23. The van der Waals surface area contributed by atoms with E-state index in [1.54, 1.807) is 30.5 Å². The first-order valence-corrected chi connectivity index (χ1v) is 10.7. The number of pyridine rings is 1. The molecule has 0 bridgehead atoms. The fourth-order valence-corrected chi connectivity index (χ4v) is 4.05. The van der Waals surface area contributed by atoms with Gasteiger partial charge in [-0.3, -0.25) is 14.6 Å². The molecule has 6 heteroatoms. The van der Waals surface area contributed by atoms with Crippen LogP contribution in [-0.4, -0.2) is 40.3 Å². The molecular formula is C25H30N2O4. The second kappa shape index (κ2) is 9.33. The van der Waals surface area contributed by atoms with E-state index in [9.17, 15) is 14.7 Å². The van der Waals surface area contributed by atoms with Crippen LogP contribution in [0.15, 0.2) is 42.2 Å². The van der Waals surface area contributed by atoms with Crippen molar-refractivity contribution < 1.29 is 19.4 Å². The normalized spacial score (nSPS) is 18.1. The molecule has 0 radical (unpaired) electrons. The molecule has 1 unspecified atom stereocenters. The van der Waals surface area contributed by atoms with Crippen LogP contribution in [0.1, 0.15) is 67.8 Å². The molecule has 1 saturated heterocycles. The standard InChI is InChI=1S/C25H30N2O4/c1-6-7-11-27-22(17-9-8-10-26-14-17)21(24(29)25(27)30)23(28)19-13-18(15(2)3)20(31-5)12-16(19)4/h8-10,12-15,22,28H,6-7,11H2,1-5H3/b23-21+. The fourth-order valence-electron chi connectivity index (χ4n) is 4.05.